The van der Waals surface area contributed by atoms with Crippen LogP contribution in [0.1, 0.15) is 36.8 Å². The Morgan fingerprint density at radius 2 is 1.88 bits per heavy atom. The van der Waals surface area contributed by atoms with Gasteiger partial charge in [-0.1, -0.05) is 30.3 Å². The van der Waals surface area contributed by atoms with Gasteiger partial charge in [0.05, 0.1) is 17.8 Å². The third kappa shape index (κ3) is 3.91. The van der Waals surface area contributed by atoms with E-state index in [1.54, 1.807) is 0 Å². The third-order valence-corrected chi connectivity index (χ3v) is 5.50. The van der Waals surface area contributed by atoms with Crippen LogP contribution in [-0.2, 0) is 6.42 Å². The van der Waals surface area contributed by atoms with E-state index in [1.165, 1.54) is 24.0 Å². The van der Waals surface area contributed by atoms with Crippen molar-refractivity contribution < 1.29 is 4.74 Å². The fraction of sp³-hybridized carbons (Fsp3) is 0.409. The maximum Gasteiger partial charge on any atom is 0.123 e. The van der Waals surface area contributed by atoms with Crippen LogP contribution in [0.25, 0.3) is 10.9 Å². The van der Waals surface area contributed by atoms with Gasteiger partial charge in [0, 0.05) is 17.0 Å². The van der Waals surface area contributed by atoms with Gasteiger partial charge < -0.3 is 10.1 Å². The summed E-state index contributed by atoms with van der Waals surface area (Å²) in [5.74, 6) is 0.999. The lowest BCUT2D eigenvalue weighted by molar-refractivity contribution is 0.139. The number of ether oxygens (including phenoxy) is 1. The highest BCUT2D eigenvalue weighted by molar-refractivity contribution is 5.83. The number of fused-ring (bicyclic) bond motifs is 1. The molecule has 0 unspecified atom stereocenters. The van der Waals surface area contributed by atoms with Gasteiger partial charge in [-0.25, -0.2) is 0 Å². The summed E-state index contributed by atoms with van der Waals surface area (Å²) in [6.07, 6.45) is 7.91. The second-order valence-corrected chi connectivity index (χ2v) is 7.30. The second-order valence-electron chi connectivity index (χ2n) is 7.30. The quantitative estimate of drug-likeness (QED) is 0.694. The lowest BCUT2D eigenvalue weighted by Gasteiger charge is -2.30. The molecule has 0 saturated heterocycles. The molecule has 0 bridgehead atoms. The summed E-state index contributed by atoms with van der Waals surface area (Å²) in [6.45, 7) is 3.17. The zero-order valence-electron chi connectivity index (χ0n) is 15.4. The average molecular weight is 349 g/mol. The molecule has 3 aromatic rings. The molecule has 1 saturated carbocycles. The second kappa shape index (κ2) is 7.92. The van der Waals surface area contributed by atoms with Gasteiger partial charge in [0.25, 0.3) is 0 Å². The zero-order chi connectivity index (χ0) is 17.8. The van der Waals surface area contributed by atoms with Crippen molar-refractivity contribution in [2.24, 2.45) is 0 Å². The first-order valence-electron chi connectivity index (χ1n) is 9.66. The standard InChI is InChI=1S/C22H27N3O/c1-16-20-15-24-25-21(20)11-12-22(16)26-19-9-7-18(8-10-19)23-14-13-17-5-3-2-4-6-17/h2-6,11-12,15,18-19,23H,7-10,13-14H2,1H3,(H,24,25)/t18-,19-. The van der Waals surface area contributed by atoms with Crippen molar-refractivity contribution in [3.63, 3.8) is 0 Å². The van der Waals surface area contributed by atoms with Crippen LogP contribution in [0.2, 0.25) is 0 Å². The highest BCUT2D eigenvalue weighted by Gasteiger charge is 2.22. The average Bonchev–Trinajstić information content (AvgIpc) is 3.16. The van der Waals surface area contributed by atoms with Crippen molar-refractivity contribution in [2.75, 3.05) is 6.54 Å². The molecule has 0 spiro atoms. The van der Waals surface area contributed by atoms with Gasteiger partial charge in [0.15, 0.2) is 0 Å². The zero-order valence-corrected chi connectivity index (χ0v) is 15.4. The van der Waals surface area contributed by atoms with Gasteiger partial charge in [-0.3, -0.25) is 5.10 Å². The summed E-state index contributed by atoms with van der Waals surface area (Å²) < 4.78 is 6.32. The number of nitrogens with one attached hydrogen (secondary N) is 2. The number of rotatable bonds is 6. The van der Waals surface area contributed by atoms with Crippen LogP contribution < -0.4 is 10.1 Å². The maximum atomic E-state index is 6.32. The summed E-state index contributed by atoms with van der Waals surface area (Å²) in [7, 11) is 0. The van der Waals surface area contributed by atoms with Crippen molar-refractivity contribution in [3.8, 4) is 5.75 Å². The van der Waals surface area contributed by atoms with Crippen LogP contribution in [-0.4, -0.2) is 28.9 Å². The van der Waals surface area contributed by atoms with Crippen molar-refractivity contribution in [3.05, 3.63) is 59.8 Å². The first-order chi connectivity index (χ1) is 12.8. The molecule has 1 aliphatic carbocycles. The van der Waals surface area contributed by atoms with Crippen LogP contribution in [0.5, 0.6) is 5.75 Å². The van der Waals surface area contributed by atoms with Gasteiger partial charge >= 0.3 is 0 Å². The summed E-state index contributed by atoms with van der Waals surface area (Å²) in [4.78, 5) is 0. The normalized spacial score (nSPS) is 20.3. The Hall–Kier alpha value is -2.33. The fourth-order valence-electron chi connectivity index (χ4n) is 3.90. The van der Waals surface area contributed by atoms with E-state index in [2.05, 4.69) is 64.9 Å². The number of nitrogens with zero attached hydrogens (tertiary/aromatic N) is 1. The Bertz CT molecular complexity index is 835. The highest BCUT2D eigenvalue weighted by atomic mass is 16.5. The van der Waals surface area contributed by atoms with Crippen LogP contribution in [0, 0.1) is 6.92 Å². The minimum absolute atomic E-state index is 0.324. The smallest absolute Gasteiger partial charge is 0.123 e. The SMILES string of the molecule is Cc1c(O[C@H]2CC[C@H](NCCc3ccccc3)CC2)ccc2[nH]ncc12. The van der Waals surface area contributed by atoms with Crippen LogP contribution in [0.4, 0.5) is 0 Å². The lowest BCUT2D eigenvalue weighted by atomic mass is 9.92. The number of benzene rings is 2. The highest BCUT2D eigenvalue weighted by Crippen LogP contribution is 2.30. The number of H-pyrrole nitrogens is 1. The van der Waals surface area contributed by atoms with Gasteiger partial charge in [-0.05, 0) is 63.3 Å². The van der Waals surface area contributed by atoms with Crippen molar-refractivity contribution in [1.29, 1.82) is 0 Å². The Morgan fingerprint density at radius 3 is 2.69 bits per heavy atom. The van der Waals surface area contributed by atoms with Crippen molar-refractivity contribution in [2.45, 2.75) is 51.2 Å². The molecule has 1 aromatic heterocycles. The Morgan fingerprint density at radius 1 is 1.08 bits per heavy atom. The first-order valence-corrected chi connectivity index (χ1v) is 9.66. The third-order valence-electron chi connectivity index (χ3n) is 5.50. The van der Waals surface area contributed by atoms with Crippen LogP contribution in [0.3, 0.4) is 0 Å². The Labute approximate surface area is 155 Å². The molecule has 1 heterocycles. The summed E-state index contributed by atoms with van der Waals surface area (Å²) in [5.41, 5.74) is 3.66. The monoisotopic (exact) mass is 349 g/mol. The molecule has 0 aliphatic heterocycles. The number of hydrogen-bond acceptors (Lipinski definition) is 3. The molecule has 1 aliphatic rings. The van der Waals surface area contributed by atoms with E-state index >= 15 is 0 Å². The molecule has 136 valence electrons. The molecule has 1 fully saturated rings. The Balaban J connectivity index is 1.25. The minimum Gasteiger partial charge on any atom is -0.490 e. The Kier molecular flexibility index (Phi) is 5.21. The first kappa shape index (κ1) is 17.1. The van der Waals surface area contributed by atoms with E-state index in [1.807, 2.05) is 6.20 Å². The lowest BCUT2D eigenvalue weighted by Crippen LogP contribution is -2.37. The molecule has 2 aromatic carbocycles. The van der Waals surface area contributed by atoms with Gasteiger partial charge in [0.2, 0.25) is 0 Å². The number of hydrogen-bond donors (Lipinski definition) is 2. The van der Waals surface area contributed by atoms with Crippen molar-refractivity contribution >= 4 is 10.9 Å². The fourth-order valence-corrected chi connectivity index (χ4v) is 3.90. The molecule has 4 nitrogen and oxygen atoms in total. The summed E-state index contributed by atoms with van der Waals surface area (Å²) in [5, 5.41) is 12.0. The summed E-state index contributed by atoms with van der Waals surface area (Å²) >= 11 is 0. The van der Waals surface area contributed by atoms with Crippen LogP contribution >= 0.6 is 0 Å². The topological polar surface area (TPSA) is 49.9 Å². The van der Waals surface area contributed by atoms with Gasteiger partial charge in [0.1, 0.15) is 5.75 Å². The van der Waals surface area contributed by atoms with Gasteiger partial charge in [-0.15, -0.1) is 0 Å². The van der Waals surface area contributed by atoms with E-state index in [9.17, 15) is 0 Å². The number of aryl methyl sites for hydroxylation is 1. The molecular formula is C22H27N3O. The van der Waals surface area contributed by atoms with E-state index in [4.69, 9.17) is 4.74 Å². The maximum absolute atomic E-state index is 6.32. The molecule has 4 rings (SSSR count). The molecular weight excluding hydrogens is 322 g/mol. The molecule has 4 heteroatoms. The number of aromatic nitrogens is 2. The summed E-state index contributed by atoms with van der Waals surface area (Å²) in [6, 6.07) is 15.4. The van der Waals surface area contributed by atoms with Gasteiger partial charge in [-0.2, -0.15) is 5.10 Å². The van der Waals surface area contributed by atoms with E-state index in [-0.39, 0.29) is 0 Å². The van der Waals surface area contributed by atoms with Crippen LogP contribution in [0.15, 0.2) is 48.7 Å². The van der Waals surface area contributed by atoms with Crippen molar-refractivity contribution in [1.82, 2.24) is 15.5 Å². The minimum atomic E-state index is 0.324. The molecule has 0 atom stereocenters. The molecule has 26 heavy (non-hydrogen) atoms. The van der Waals surface area contributed by atoms with E-state index in [0.717, 1.165) is 42.5 Å². The molecule has 0 radical (unpaired) electrons. The molecule has 2 N–H and O–H groups in total. The van der Waals surface area contributed by atoms with E-state index < -0.39 is 0 Å². The number of aromatic amines is 1. The predicted molar refractivity (Wildman–Crippen MR) is 106 cm³/mol. The van der Waals surface area contributed by atoms with E-state index in [0.29, 0.717) is 12.1 Å². The molecule has 0 amide bonds. The largest absolute Gasteiger partial charge is 0.490 e. The predicted octanol–water partition coefficient (Wildman–Crippen LogP) is 4.39.